The number of benzene rings is 1. The van der Waals surface area contributed by atoms with Crippen LogP contribution < -0.4 is 10.6 Å². The molecule has 0 unspecified atom stereocenters. The molecule has 0 amide bonds. The molecule has 0 radical (unpaired) electrons. The molecule has 1 aliphatic rings. The number of halogens is 1. The van der Waals surface area contributed by atoms with Crippen LogP contribution in [0.1, 0.15) is 36.2 Å². The average Bonchev–Trinajstić information content (AvgIpc) is 3.12. The van der Waals surface area contributed by atoms with Gasteiger partial charge in [0.1, 0.15) is 0 Å². The van der Waals surface area contributed by atoms with E-state index in [1.54, 1.807) is 0 Å². The maximum Gasteiger partial charge on any atom is 0.0525 e. The fourth-order valence-corrected chi connectivity index (χ4v) is 3.88. The predicted octanol–water partition coefficient (Wildman–Crippen LogP) is 4.70. The van der Waals surface area contributed by atoms with Crippen molar-refractivity contribution in [1.29, 1.82) is 0 Å². The lowest BCUT2D eigenvalue weighted by Crippen LogP contribution is -2.24. The molecule has 106 valence electrons. The molecule has 2 aromatic rings. The summed E-state index contributed by atoms with van der Waals surface area (Å²) in [6.07, 6.45) is 2.61. The Hall–Kier alpha value is -0.840. The van der Waals surface area contributed by atoms with E-state index < -0.39 is 0 Å². The lowest BCUT2D eigenvalue weighted by Gasteiger charge is -2.25. The van der Waals surface area contributed by atoms with Gasteiger partial charge in [0.25, 0.3) is 0 Å². The van der Waals surface area contributed by atoms with Crippen LogP contribution in [-0.4, -0.2) is 6.04 Å². The maximum atomic E-state index is 5.98. The second kappa shape index (κ2) is 5.88. The molecule has 1 aromatic heterocycles. The van der Waals surface area contributed by atoms with Gasteiger partial charge in [-0.2, -0.15) is 0 Å². The molecule has 0 bridgehead atoms. The fourth-order valence-electron chi connectivity index (χ4n) is 2.45. The zero-order chi connectivity index (χ0) is 14.1. The molecule has 4 heteroatoms. The van der Waals surface area contributed by atoms with Gasteiger partial charge in [0.05, 0.1) is 6.54 Å². The summed E-state index contributed by atoms with van der Waals surface area (Å²) in [5, 5.41) is 2.15. The van der Waals surface area contributed by atoms with Crippen molar-refractivity contribution in [3.05, 3.63) is 50.6 Å². The Morgan fingerprint density at radius 2 is 2.20 bits per heavy atom. The van der Waals surface area contributed by atoms with E-state index in [4.69, 9.17) is 5.73 Å². The van der Waals surface area contributed by atoms with Gasteiger partial charge >= 0.3 is 0 Å². The van der Waals surface area contributed by atoms with Gasteiger partial charge in [-0.1, -0.05) is 28.1 Å². The highest BCUT2D eigenvalue weighted by atomic mass is 79.9. The molecule has 3 rings (SSSR count). The third-order valence-corrected chi connectivity index (χ3v) is 5.25. The molecule has 1 heterocycles. The summed E-state index contributed by atoms with van der Waals surface area (Å²) >= 11 is 5.49. The van der Waals surface area contributed by atoms with E-state index >= 15 is 0 Å². The molecular formula is C16H19BrN2S. The van der Waals surface area contributed by atoms with Crippen molar-refractivity contribution < 1.29 is 0 Å². The summed E-state index contributed by atoms with van der Waals surface area (Å²) in [6, 6.07) is 11.7. The minimum atomic E-state index is 0.0603. The molecule has 2 N–H and O–H groups in total. The number of hydrogen-bond donors (Lipinski definition) is 1. The van der Waals surface area contributed by atoms with E-state index in [-0.39, 0.29) is 6.04 Å². The Morgan fingerprint density at radius 3 is 2.75 bits per heavy atom. The number of rotatable bonds is 5. The van der Waals surface area contributed by atoms with Crippen LogP contribution in [0.15, 0.2) is 40.2 Å². The molecule has 2 nitrogen and oxygen atoms in total. The first-order chi connectivity index (χ1) is 9.65. The zero-order valence-corrected chi connectivity index (χ0v) is 14.0. The van der Waals surface area contributed by atoms with Crippen LogP contribution >= 0.6 is 27.3 Å². The molecule has 0 spiro atoms. The van der Waals surface area contributed by atoms with Crippen molar-refractivity contribution in [1.82, 2.24) is 0 Å². The lowest BCUT2D eigenvalue weighted by molar-refractivity contribution is 0.793. The van der Waals surface area contributed by atoms with Crippen molar-refractivity contribution in [3.8, 4) is 0 Å². The van der Waals surface area contributed by atoms with Gasteiger partial charge < -0.3 is 10.6 Å². The normalized spacial score (nSPS) is 16.1. The minimum absolute atomic E-state index is 0.0603. The van der Waals surface area contributed by atoms with Crippen molar-refractivity contribution >= 4 is 33.0 Å². The highest BCUT2D eigenvalue weighted by Gasteiger charge is 2.29. The van der Waals surface area contributed by atoms with Gasteiger partial charge in [0.2, 0.25) is 0 Å². The van der Waals surface area contributed by atoms with E-state index in [2.05, 4.69) is 56.5 Å². The summed E-state index contributed by atoms with van der Waals surface area (Å²) in [6.45, 7) is 3.02. The van der Waals surface area contributed by atoms with Gasteiger partial charge in [-0.15, -0.1) is 11.3 Å². The first-order valence-corrected chi connectivity index (χ1v) is 8.66. The van der Waals surface area contributed by atoms with Crippen LogP contribution in [0.25, 0.3) is 0 Å². The van der Waals surface area contributed by atoms with Gasteiger partial charge in [0.15, 0.2) is 0 Å². The number of thiophene rings is 1. The topological polar surface area (TPSA) is 29.3 Å². The Balaban J connectivity index is 1.86. The molecule has 20 heavy (non-hydrogen) atoms. The number of nitrogens with two attached hydrogens (primary N) is 1. The highest BCUT2D eigenvalue weighted by molar-refractivity contribution is 9.10. The van der Waals surface area contributed by atoms with Crippen molar-refractivity contribution in [2.75, 3.05) is 4.90 Å². The van der Waals surface area contributed by atoms with Crippen LogP contribution in [0.2, 0.25) is 0 Å². The number of anilines is 1. The van der Waals surface area contributed by atoms with Crippen LogP contribution in [0, 0.1) is 0 Å². The lowest BCUT2D eigenvalue weighted by atomic mass is 10.1. The third-order valence-electron chi connectivity index (χ3n) is 3.70. The van der Waals surface area contributed by atoms with Gasteiger partial charge in [-0.05, 0) is 48.9 Å². The molecule has 0 aliphatic heterocycles. The van der Waals surface area contributed by atoms with Crippen LogP contribution in [-0.2, 0) is 6.54 Å². The summed E-state index contributed by atoms with van der Waals surface area (Å²) < 4.78 is 1.11. The second-order valence-electron chi connectivity index (χ2n) is 5.43. The van der Waals surface area contributed by atoms with Crippen LogP contribution in [0.4, 0.5) is 5.69 Å². The van der Waals surface area contributed by atoms with E-state index in [1.807, 2.05) is 18.3 Å². The quantitative estimate of drug-likeness (QED) is 0.846. The van der Waals surface area contributed by atoms with Gasteiger partial charge in [-0.25, -0.2) is 0 Å². The SMILES string of the molecule is C[C@H](N)c1ccc(N(Cc2cccs2)C2CC2)cc1Br. The molecular weight excluding hydrogens is 332 g/mol. The van der Waals surface area contributed by atoms with Gasteiger partial charge in [-0.3, -0.25) is 0 Å². The van der Waals surface area contributed by atoms with E-state index in [9.17, 15) is 0 Å². The van der Waals surface area contributed by atoms with E-state index in [0.29, 0.717) is 6.04 Å². The molecule has 1 aliphatic carbocycles. The Labute approximate surface area is 132 Å². The summed E-state index contributed by atoms with van der Waals surface area (Å²) in [7, 11) is 0. The second-order valence-corrected chi connectivity index (χ2v) is 7.32. The maximum absolute atomic E-state index is 5.98. The van der Waals surface area contributed by atoms with E-state index in [1.165, 1.54) is 29.0 Å². The Morgan fingerprint density at radius 1 is 1.40 bits per heavy atom. The first kappa shape index (κ1) is 14.1. The van der Waals surface area contributed by atoms with Crippen molar-refractivity contribution in [2.45, 2.75) is 38.4 Å². The largest absolute Gasteiger partial charge is 0.363 e. The first-order valence-electron chi connectivity index (χ1n) is 6.99. The Bertz CT molecular complexity index is 576. The zero-order valence-electron chi connectivity index (χ0n) is 11.6. The summed E-state index contributed by atoms with van der Waals surface area (Å²) in [5.74, 6) is 0. The molecule has 1 saturated carbocycles. The Kier molecular flexibility index (Phi) is 4.15. The van der Waals surface area contributed by atoms with E-state index in [0.717, 1.165) is 11.0 Å². The van der Waals surface area contributed by atoms with Gasteiger partial charge in [0, 0.05) is 27.1 Å². The summed E-state index contributed by atoms with van der Waals surface area (Å²) in [5.41, 5.74) is 8.44. The van der Waals surface area contributed by atoms with Crippen molar-refractivity contribution in [3.63, 3.8) is 0 Å². The standard InChI is InChI=1S/C16H19BrN2S/c1-11(18)15-7-6-13(9-16(15)17)19(12-4-5-12)10-14-3-2-8-20-14/h2-3,6-9,11-12H,4-5,10,18H2,1H3/t11-/m0/s1. The summed E-state index contributed by atoms with van der Waals surface area (Å²) in [4.78, 5) is 3.94. The predicted molar refractivity (Wildman–Crippen MR) is 90.3 cm³/mol. The molecule has 0 saturated heterocycles. The third kappa shape index (κ3) is 3.08. The van der Waals surface area contributed by atoms with Crippen LogP contribution in [0.5, 0.6) is 0 Å². The molecule has 1 fully saturated rings. The monoisotopic (exact) mass is 350 g/mol. The fraction of sp³-hybridized carbons (Fsp3) is 0.375. The highest BCUT2D eigenvalue weighted by Crippen LogP contribution is 2.36. The smallest absolute Gasteiger partial charge is 0.0525 e. The number of nitrogens with zero attached hydrogens (tertiary/aromatic N) is 1. The average molecular weight is 351 g/mol. The van der Waals surface area contributed by atoms with Crippen molar-refractivity contribution in [2.24, 2.45) is 5.73 Å². The van der Waals surface area contributed by atoms with Crippen LogP contribution in [0.3, 0.4) is 0 Å². The number of hydrogen-bond acceptors (Lipinski definition) is 3. The molecule has 1 atom stereocenters. The molecule has 1 aromatic carbocycles. The minimum Gasteiger partial charge on any atom is -0.363 e.